The fourth-order valence-electron chi connectivity index (χ4n) is 2.13. The molecule has 1 rings (SSSR count). The van der Waals surface area contributed by atoms with Crippen LogP contribution < -0.4 is 5.73 Å². The highest BCUT2D eigenvalue weighted by Gasteiger charge is 2.20. The van der Waals surface area contributed by atoms with Crippen LogP contribution in [0.1, 0.15) is 45.4 Å². The molecule has 14 heavy (non-hydrogen) atoms. The van der Waals surface area contributed by atoms with Crippen molar-refractivity contribution in [3.63, 3.8) is 0 Å². The maximum absolute atomic E-state index is 10.9. The molecule has 82 valence electrons. The molecule has 0 saturated carbocycles. The average Bonchev–Trinajstić information content (AvgIpc) is 2.19. The number of nitrogens with two attached hydrogens (primary N) is 1. The van der Waals surface area contributed by atoms with E-state index in [1.165, 1.54) is 25.7 Å². The first-order chi connectivity index (χ1) is 6.74. The van der Waals surface area contributed by atoms with E-state index in [0.717, 1.165) is 31.8 Å². The summed E-state index contributed by atoms with van der Waals surface area (Å²) < 4.78 is 0. The Morgan fingerprint density at radius 2 is 2.00 bits per heavy atom. The molecule has 0 radical (unpaired) electrons. The Labute approximate surface area is 86.6 Å². The smallest absolute Gasteiger partial charge is 0.314 e. The molecule has 2 N–H and O–H groups in total. The molecule has 1 aliphatic heterocycles. The van der Waals surface area contributed by atoms with E-state index in [4.69, 9.17) is 5.73 Å². The molecule has 0 aromatic carbocycles. The highest BCUT2D eigenvalue weighted by Crippen LogP contribution is 2.22. The number of primary amides is 1. The van der Waals surface area contributed by atoms with E-state index >= 15 is 0 Å². The minimum absolute atomic E-state index is 0.253. The van der Waals surface area contributed by atoms with Crippen molar-refractivity contribution in [3.05, 3.63) is 0 Å². The van der Waals surface area contributed by atoms with Crippen molar-refractivity contribution >= 4 is 6.03 Å². The summed E-state index contributed by atoms with van der Waals surface area (Å²) >= 11 is 0. The molecule has 0 unspecified atom stereocenters. The zero-order chi connectivity index (χ0) is 10.4. The normalized spacial score (nSPS) is 18.5. The lowest BCUT2D eigenvalue weighted by Gasteiger charge is -2.30. The van der Waals surface area contributed by atoms with Gasteiger partial charge in [0, 0.05) is 13.1 Å². The van der Waals surface area contributed by atoms with Crippen molar-refractivity contribution in [3.8, 4) is 0 Å². The van der Waals surface area contributed by atoms with Crippen LogP contribution in [0.2, 0.25) is 0 Å². The second kappa shape index (κ2) is 5.89. The minimum atomic E-state index is -0.253. The molecule has 1 fully saturated rings. The van der Waals surface area contributed by atoms with Gasteiger partial charge in [0.15, 0.2) is 0 Å². The SMILES string of the molecule is CCCCCC1CCN(C(N)=O)CC1. The summed E-state index contributed by atoms with van der Waals surface area (Å²) in [6.45, 7) is 3.97. The lowest BCUT2D eigenvalue weighted by Crippen LogP contribution is -2.41. The first kappa shape index (κ1) is 11.3. The summed E-state index contributed by atoms with van der Waals surface area (Å²) in [5.41, 5.74) is 5.22. The van der Waals surface area contributed by atoms with E-state index in [1.807, 2.05) is 0 Å². The molecular formula is C11H22N2O. The molecule has 0 aliphatic carbocycles. The van der Waals surface area contributed by atoms with E-state index < -0.39 is 0 Å². The van der Waals surface area contributed by atoms with Gasteiger partial charge in [-0.25, -0.2) is 4.79 Å². The molecular weight excluding hydrogens is 176 g/mol. The van der Waals surface area contributed by atoms with Crippen LogP contribution in [0, 0.1) is 5.92 Å². The van der Waals surface area contributed by atoms with Gasteiger partial charge >= 0.3 is 6.03 Å². The zero-order valence-corrected chi connectivity index (χ0v) is 9.17. The Morgan fingerprint density at radius 1 is 1.36 bits per heavy atom. The Balaban J connectivity index is 2.12. The van der Waals surface area contributed by atoms with E-state index in [2.05, 4.69) is 6.92 Å². The number of hydrogen-bond donors (Lipinski definition) is 1. The molecule has 1 aliphatic rings. The first-order valence-electron chi connectivity index (χ1n) is 5.78. The number of hydrogen-bond acceptors (Lipinski definition) is 1. The van der Waals surface area contributed by atoms with Crippen LogP contribution in [0.15, 0.2) is 0 Å². The molecule has 1 saturated heterocycles. The second-order valence-electron chi connectivity index (χ2n) is 4.26. The number of carbonyl (C=O) groups is 1. The minimum Gasteiger partial charge on any atom is -0.351 e. The Morgan fingerprint density at radius 3 is 2.50 bits per heavy atom. The second-order valence-corrected chi connectivity index (χ2v) is 4.26. The number of rotatable bonds is 4. The van der Waals surface area contributed by atoms with Gasteiger partial charge in [0.25, 0.3) is 0 Å². The lowest BCUT2D eigenvalue weighted by atomic mass is 9.91. The molecule has 3 heteroatoms. The monoisotopic (exact) mass is 198 g/mol. The van der Waals surface area contributed by atoms with Gasteiger partial charge in [-0.3, -0.25) is 0 Å². The third-order valence-corrected chi connectivity index (χ3v) is 3.14. The number of nitrogens with zero attached hydrogens (tertiary/aromatic N) is 1. The maximum atomic E-state index is 10.9. The zero-order valence-electron chi connectivity index (χ0n) is 9.17. The van der Waals surface area contributed by atoms with Gasteiger partial charge < -0.3 is 10.6 Å². The summed E-state index contributed by atoms with van der Waals surface area (Å²) in [5, 5.41) is 0. The van der Waals surface area contributed by atoms with Crippen LogP contribution in [0.4, 0.5) is 4.79 Å². The van der Waals surface area contributed by atoms with Crippen LogP contribution in [0.5, 0.6) is 0 Å². The summed E-state index contributed by atoms with van der Waals surface area (Å²) in [6, 6.07) is -0.253. The van der Waals surface area contributed by atoms with Crippen molar-refractivity contribution in [2.75, 3.05) is 13.1 Å². The lowest BCUT2D eigenvalue weighted by molar-refractivity contribution is 0.175. The van der Waals surface area contributed by atoms with Crippen LogP contribution in [-0.4, -0.2) is 24.0 Å². The van der Waals surface area contributed by atoms with Crippen molar-refractivity contribution in [1.29, 1.82) is 0 Å². The molecule has 0 bridgehead atoms. The summed E-state index contributed by atoms with van der Waals surface area (Å²) in [6.07, 6.45) is 7.60. The van der Waals surface area contributed by atoms with Crippen LogP contribution in [0.3, 0.4) is 0 Å². The Kier molecular flexibility index (Phi) is 4.77. The molecule has 2 amide bonds. The van der Waals surface area contributed by atoms with Gasteiger partial charge in [0.2, 0.25) is 0 Å². The largest absolute Gasteiger partial charge is 0.351 e. The quantitative estimate of drug-likeness (QED) is 0.692. The van der Waals surface area contributed by atoms with E-state index in [-0.39, 0.29) is 6.03 Å². The summed E-state index contributed by atoms with van der Waals surface area (Å²) in [7, 11) is 0. The first-order valence-corrected chi connectivity index (χ1v) is 5.78. The fraction of sp³-hybridized carbons (Fsp3) is 0.909. The number of urea groups is 1. The van der Waals surface area contributed by atoms with Crippen LogP contribution in [-0.2, 0) is 0 Å². The van der Waals surface area contributed by atoms with Gasteiger partial charge in [-0.2, -0.15) is 0 Å². The summed E-state index contributed by atoms with van der Waals surface area (Å²) in [5.74, 6) is 0.831. The van der Waals surface area contributed by atoms with Gasteiger partial charge in [-0.05, 0) is 18.8 Å². The Bertz CT molecular complexity index is 174. The Hall–Kier alpha value is -0.730. The third-order valence-electron chi connectivity index (χ3n) is 3.14. The highest BCUT2D eigenvalue weighted by atomic mass is 16.2. The van der Waals surface area contributed by atoms with E-state index in [0.29, 0.717) is 0 Å². The topological polar surface area (TPSA) is 46.3 Å². The summed E-state index contributed by atoms with van der Waals surface area (Å²) in [4.78, 5) is 12.6. The number of likely N-dealkylation sites (tertiary alicyclic amines) is 1. The standard InChI is InChI=1S/C11H22N2O/c1-2-3-4-5-10-6-8-13(9-7-10)11(12)14/h10H,2-9H2,1H3,(H2,12,14). The highest BCUT2D eigenvalue weighted by molar-refractivity contribution is 5.72. The molecule has 0 aromatic rings. The number of unbranched alkanes of at least 4 members (excludes halogenated alkanes) is 2. The number of carbonyl (C=O) groups excluding carboxylic acids is 1. The van der Waals surface area contributed by atoms with Crippen molar-refractivity contribution in [1.82, 2.24) is 4.90 Å². The number of piperidine rings is 1. The third kappa shape index (κ3) is 3.56. The van der Waals surface area contributed by atoms with Crippen molar-refractivity contribution in [2.24, 2.45) is 11.7 Å². The van der Waals surface area contributed by atoms with Gasteiger partial charge in [-0.1, -0.05) is 32.6 Å². The molecule has 0 aromatic heterocycles. The van der Waals surface area contributed by atoms with Crippen LogP contribution in [0.25, 0.3) is 0 Å². The number of amides is 2. The average molecular weight is 198 g/mol. The van der Waals surface area contributed by atoms with E-state index in [1.54, 1.807) is 4.90 Å². The van der Waals surface area contributed by atoms with Crippen molar-refractivity contribution < 1.29 is 4.79 Å². The molecule has 0 spiro atoms. The van der Waals surface area contributed by atoms with E-state index in [9.17, 15) is 4.79 Å². The van der Waals surface area contributed by atoms with Gasteiger partial charge in [-0.15, -0.1) is 0 Å². The maximum Gasteiger partial charge on any atom is 0.314 e. The van der Waals surface area contributed by atoms with Crippen LogP contribution >= 0.6 is 0 Å². The predicted octanol–water partition coefficient (Wildman–Crippen LogP) is 2.36. The molecule has 3 nitrogen and oxygen atoms in total. The molecule has 0 atom stereocenters. The van der Waals surface area contributed by atoms with Crippen molar-refractivity contribution in [2.45, 2.75) is 45.4 Å². The fourth-order valence-corrected chi connectivity index (χ4v) is 2.13. The predicted molar refractivity (Wildman–Crippen MR) is 58.0 cm³/mol. The van der Waals surface area contributed by atoms with Gasteiger partial charge in [0.05, 0.1) is 0 Å². The molecule has 1 heterocycles. The van der Waals surface area contributed by atoms with Gasteiger partial charge in [0.1, 0.15) is 0 Å².